The number of nitriles is 1. The Balaban J connectivity index is 1.88. The number of Topliss-reactive ketones (excluding diaryl/α,β-unsaturated/α-hetero) is 1. The van der Waals surface area contributed by atoms with Crippen molar-refractivity contribution < 1.29 is 24.2 Å². The van der Waals surface area contributed by atoms with Gasteiger partial charge in [-0.05, 0) is 44.3 Å². The standard InChI is InChI=1S/C27H38N2O5S/c1-16-8-7-9-23-27(32,34-23)13-22(17(2)11-21-15-35-19(4)29-21)33-24(30)12-20(14-28)26(5,6)25(31)18(3)10-16/h11,15-16,18,20,22-23,32H,7-10,12-13H2,1-6H3. The molecule has 7 nitrogen and oxygen atoms in total. The summed E-state index contributed by atoms with van der Waals surface area (Å²) >= 11 is 1.53. The van der Waals surface area contributed by atoms with E-state index in [-0.39, 0.29) is 30.6 Å². The predicted octanol–water partition coefficient (Wildman–Crippen LogP) is 5.22. The van der Waals surface area contributed by atoms with Crippen LogP contribution in [0.4, 0.5) is 0 Å². The molecular weight excluding hydrogens is 464 g/mol. The van der Waals surface area contributed by atoms with Gasteiger partial charge in [-0.3, -0.25) is 9.59 Å². The van der Waals surface area contributed by atoms with Crippen LogP contribution in [0.15, 0.2) is 11.0 Å². The average molecular weight is 503 g/mol. The van der Waals surface area contributed by atoms with E-state index in [1.165, 1.54) is 11.3 Å². The highest BCUT2D eigenvalue weighted by atomic mass is 32.1. The van der Waals surface area contributed by atoms with Crippen molar-refractivity contribution in [1.82, 2.24) is 4.98 Å². The predicted molar refractivity (Wildman–Crippen MR) is 134 cm³/mol. The van der Waals surface area contributed by atoms with Crippen molar-refractivity contribution in [3.8, 4) is 6.07 Å². The van der Waals surface area contributed by atoms with Gasteiger partial charge in [-0.15, -0.1) is 11.3 Å². The van der Waals surface area contributed by atoms with Gasteiger partial charge in [0.05, 0.1) is 29.1 Å². The van der Waals surface area contributed by atoms with Crippen LogP contribution in [0.3, 0.4) is 0 Å². The van der Waals surface area contributed by atoms with Gasteiger partial charge in [-0.25, -0.2) is 4.98 Å². The van der Waals surface area contributed by atoms with Gasteiger partial charge >= 0.3 is 5.97 Å². The molecule has 0 aromatic carbocycles. The van der Waals surface area contributed by atoms with E-state index in [2.05, 4.69) is 18.0 Å². The number of thiazole rings is 1. The average Bonchev–Trinajstić information content (AvgIpc) is 3.22. The number of hydrogen-bond donors (Lipinski definition) is 1. The highest BCUT2D eigenvalue weighted by Gasteiger charge is 2.56. The summed E-state index contributed by atoms with van der Waals surface area (Å²) in [5.74, 6) is -2.61. The minimum atomic E-state index is -1.34. The van der Waals surface area contributed by atoms with Gasteiger partial charge in [-0.2, -0.15) is 5.26 Å². The third kappa shape index (κ3) is 6.78. The van der Waals surface area contributed by atoms with Gasteiger partial charge in [0.1, 0.15) is 18.0 Å². The first-order valence-electron chi connectivity index (χ1n) is 12.5. The molecule has 1 N–H and O–H groups in total. The second-order valence-corrected chi connectivity index (χ2v) is 12.0. The number of carbonyl (C=O) groups is 2. The second-order valence-electron chi connectivity index (χ2n) is 11.0. The van der Waals surface area contributed by atoms with E-state index in [1.807, 2.05) is 32.2 Å². The zero-order valence-corrected chi connectivity index (χ0v) is 22.5. The van der Waals surface area contributed by atoms with E-state index in [4.69, 9.17) is 9.47 Å². The van der Waals surface area contributed by atoms with E-state index >= 15 is 0 Å². The molecule has 1 aromatic rings. The van der Waals surface area contributed by atoms with Crippen LogP contribution in [0.25, 0.3) is 6.08 Å². The number of epoxide rings is 1. The molecule has 3 rings (SSSR count). The molecule has 2 aliphatic rings. The van der Waals surface area contributed by atoms with Crippen LogP contribution < -0.4 is 0 Å². The summed E-state index contributed by atoms with van der Waals surface area (Å²) in [6, 6.07) is 2.18. The van der Waals surface area contributed by atoms with E-state index in [0.717, 1.165) is 35.5 Å². The molecule has 2 fully saturated rings. The van der Waals surface area contributed by atoms with Crippen LogP contribution in [-0.2, 0) is 19.1 Å². The Hall–Kier alpha value is -2.08. The number of rotatable bonds is 2. The van der Waals surface area contributed by atoms with Gasteiger partial charge in [0.25, 0.3) is 0 Å². The van der Waals surface area contributed by atoms with Crippen LogP contribution >= 0.6 is 11.3 Å². The van der Waals surface area contributed by atoms with Gasteiger partial charge in [0, 0.05) is 23.1 Å². The maximum atomic E-state index is 13.3. The molecule has 1 aromatic heterocycles. The SMILES string of the molecule is CC(=Cc1csc(C)n1)C1CC2(O)OC2CCCC(C)CC(C)C(=O)C(C)(C)C(C#N)CC(=O)O1. The Morgan fingerprint density at radius 2 is 2.03 bits per heavy atom. The van der Waals surface area contributed by atoms with Crippen LogP contribution in [-0.4, -0.2) is 39.8 Å². The highest BCUT2D eigenvalue weighted by molar-refractivity contribution is 7.09. The molecule has 8 heteroatoms. The first-order valence-corrected chi connectivity index (χ1v) is 13.4. The fraction of sp³-hybridized carbons (Fsp3) is 0.704. The minimum absolute atomic E-state index is 0.00206. The Morgan fingerprint density at radius 3 is 2.66 bits per heavy atom. The van der Waals surface area contributed by atoms with E-state index in [0.29, 0.717) is 12.3 Å². The summed E-state index contributed by atoms with van der Waals surface area (Å²) < 4.78 is 11.5. The molecule has 3 heterocycles. The van der Waals surface area contributed by atoms with E-state index in [9.17, 15) is 20.0 Å². The lowest BCUT2D eigenvalue weighted by Crippen LogP contribution is -2.38. The lowest BCUT2D eigenvalue weighted by atomic mass is 9.70. The van der Waals surface area contributed by atoms with Crippen molar-refractivity contribution in [1.29, 1.82) is 5.26 Å². The zero-order valence-electron chi connectivity index (χ0n) is 21.7. The maximum Gasteiger partial charge on any atom is 0.307 e. The maximum absolute atomic E-state index is 13.3. The summed E-state index contributed by atoms with van der Waals surface area (Å²) in [6.07, 6.45) is 3.96. The third-order valence-corrected chi connectivity index (χ3v) is 8.26. The monoisotopic (exact) mass is 502 g/mol. The summed E-state index contributed by atoms with van der Waals surface area (Å²) in [6.45, 7) is 11.3. The molecule has 0 bridgehead atoms. The number of ether oxygens (including phenoxy) is 2. The second kappa shape index (κ2) is 10.9. The highest BCUT2D eigenvalue weighted by Crippen LogP contribution is 2.43. The molecule has 192 valence electrons. The number of aliphatic hydroxyl groups is 1. The number of aryl methyl sites for hydroxylation is 1. The quantitative estimate of drug-likeness (QED) is 0.436. The summed E-state index contributed by atoms with van der Waals surface area (Å²) in [4.78, 5) is 30.8. The van der Waals surface area contributed by atoms with Crippen molar-refractivity contribution in [2.45, 2.75) is 98.1 Å². The number of ketones is 1. The largest absolute Gasteiger partial charge is 0.458 e. The molecule has 2 aliphatic heterocycles. The van der Waals surface area contributed by atoms with Crippen LogP contribution in [0.1, 0.15) is 83.8 Å². The number of esters is 1. The molecule has 0 amide bonds. The number of nitrogens with zero attached hydrogens (tertiary/aromatic N) is 2. The Bertz CT molecular complexity index is 1010. The van der Waals surface area contributed by atoms with E-state index < -0.39 is 29.2 Å². The Morgan fingerprint density at radius 1 is 1.31 bits per heavy atom. The van der Waals surface area contributed by atoms with Gasteiger partial charge in [0.15, 0.2) is 5.79 Å². The van der Waals surface area contributed by atoms with Crippen molar-refractivity contribution in [3.63, 3.8) is 0 Å². The van der Waals surface area contributed by atoms with Crippen molar-refractivity contribution >= 4 is 29.2 Å². The lowest BCUT2D eigenvalue weighted by Gasteiger charge is -2.32. The number of hydrogen-bond acceptors (Lipinski definition) is 8. The molecular formula is C27H38N2O5S. The van der Waals surface area contributed by atoms with Crippen molar-refractivity contribution in [2.75, 3.05) is 0 Å². The molecule has 6 unspecified atom stereocenters. The van der Waals surface area contributed by atoms with Gasteiger partial charge in [-0.1, -0.05) is 40.5 Å². The molecule has 0 saturated carbocycles. The van der Waals surface area contributed by atoms with Crippen LogP contribution in [0.5, 0.6) is 0 Å². The molecule has 0 radical (unpaired) electrons. The third-order valence-electron chi connectivity index (χ3n) is 7.46. The van der Waals surface area contributed by atoms with Crippen molar-refractivity contribution in [3.05, 3.63) is 21.7 Å². The molecule has 2 saturated heterocycles. The molecule has 35 heavy (non-hydrogen) atoms. The number of cyclic esters (lactones) is 1. The Kier molecular flexibility index (Phi) is 8.56. The van der Waals surface area contributed by atoms with Gasteiger partial charge in [0.2, 0.25) is 0 Å². The van der Waals surface area contributed by atoms with Gasteiger partial charge < -0.3 is 14.6 Å². The first kappa shape index (κ1) is 27.5. The zero-order chi connectivity index (χ0) is 26.0. The van der Waals surface area contributed by atoms with Crippen molar-refractivity contribution in [2.24, 2.45) is 23.2 Å². The van der Waals surface area contributed by atoms with Crippen LogP contribution in [0, 0.1) is 41.4 Å². The lowest BCUT2D eigenvalue weighted by molar-refractivity contribution is -0.152. The first-order chi connectivity index (χ1) is 16.4. The summed E-state index contributed by atoms with van der Waals surface area (Å²) in [5, 5.41) is 23.7. The smallest absolute Gasteiger partial charge is 0.307 e. The number of aromatic nitrogens is 1. The molecule has 0 spiro atoms. The topological polar surface area (TPSA) is 113 Å². The van der Waals surface area contributed by atoms with Crippen LogP contribution in [0.2, 0.25) is 0 Å². The summed E-state index contributed by atoms with van der Waals surface area (Å²) in [7, 11) is 0. The molecule has 0 aliphatic carbocycles. The number of carbonyl (C=O) groups excluding carboxylic acids is 2. The normalized spacial score (nSPS) is 35.0. The number of fused-ring (bicyclic) bond motifs is 1. The molecule has 6 atom stereocenters. The fourth-order valence-electron chi connectivity index (χ4n) is 5.13. The summed E-state index contributed by atoms with van der Waals surface area (Å²) in [5.41, 5.74) is 0.516. The van der Waals surface area contributed by atoms with E-state index in [1.54, 1.807) is 13.8 Å². The minimum Gasteiger partial charge on any atom is -0.458 e. The fourth-order valence-corrected chi connectivity index (χ4v) is 5.70. The Labute approximate surface area is 212 Å².